The number of anilines is 1. The molecule has 2 aliphatic heterocycles. The second-order valence-corrected chi connectivity index (χ2v) is 8.90. The number of carbonyl (C=O) groups is 2. The topological polar surface area (TPSA) is 72.9 Å². The van der Waals surface area contributed by atoms with Crippen LogP contribution >= 0.6 is 0 Å². The van der Waals surface area contributed by atoms with Gasteiger partial charge in [-0.2, -0.15) is 0 Å². The predicted molar refractivity (Wildman–Crippen MR) is 129 cm³/mol. The lowest BCUT2D eigenvalue weighted by molar-refractivity contribution is -0.131. The number of benzene rings is 2. The number of nitrogens with one attached hydrogen (secondary N) is 1. The van der Waals surface area contributed by atoms with E-state index in [0.717, 1.165) is 47.3 Å². The van der Waals surface area contributed by atoms with Gasteiger partial charge in [0.2, 0.25) is 11.8 Å². The number of hydrogen-bond donors (Lipinski definition) is 2. The molecule has 0 radical (unpaired) electrons. The Morgan fingerprint density at radius 1 is 1.30 bits per heavy atom. The van der Waals surface area contributed by atoms with Crippen molar-refractivity contribution >= 4 is 17.5 Å². The predicted octanol–water partition coefficient (Wildman–Crippen LogP) is 2.75. The highest BCUT2D eigenvalue weighted by Gasteiger charge is 2.28. The first-order valence-electron chi connectivity index (χ1n) is 11.6. The third-order valence-corrected chi connectivity index (χ3v) is 6.38. The number of nitrogens with zero attached hydrogens (tertiary/aromatic N) is 2. The molecule has 2 atom stereocenters. The van der Waals surface area contributed by atoms with E-state index in [1.807, 2.05) is 55.3 Å². The molecule has 1 unspecified atom stereocenters. The van der Waals surface area contributed by atoms with Crippen LogP contribution in [0.1, 0.15) is 48.1 Å². The van der Waals surface area contributed by atoms with Crippen molar-refractivity contribution in [1.29, 1.82) is 0 Å². The first-order valence-corrected chi connectivity index (χ1v) is 11.6. The van der Waals surface area contributed by atoms with E-state index in [0.29, 0.717) is 19.5 Å². The Balaban J connectivity index is 1.55. The van der Waals surface area contributed by atoms with Crippen LogP contribution in [0.5, 0.6) is 0 Å². The summed E-state index contributed by atoms with van der Waals surface area (Å²) in [6.07, 6.45) is 1.89. The van der Waals surface area contributed by atoms with E-state index in [1.54, 1.807) is 0 Å². The highest BCUT2D eigenvalue weighted by atomic mass is 16.3. The zero-order valence-electron chi connectivity index (χ0n) is 19.3. The van der Waals surface area contributed by atoms with Crippen molar-refractivity contribution in [1.82, 2.24) is 9.80 Å². The van der Waals surface area contributed by atoms with Crippen LogP contribution in [-0.4, -0.2) is 59.5 Å². The van der Waals surface area contributed by atoms with E-state index in [4.69, 9.17) is 0 Å². The molecule has 2 aromatic rings. The highest BCUT2D eigenvalue weighted by Crippen LogP contribution is 2.27. The van der Waals surface area contributed by atoms with Gasteiger partial charge in [-0.15, -0.1) is 0 Å². The number of amides is 2. The smallest absolute Gasteiger partial charge is 0.228 e. The summed E-state index contributed by atoms with van der Waals surface area (Å²) in [5.41, 5.74) is 4.64. The molecule has 2 heterocycles. The molecule has 0 aliphatic carbocycles. The van der Waals surface area contributed by atoms with E-state index in [1.165, 1.54) is 0 Å². The van der Waals surface area contributed by atoms with E-state index >= 15 is 0 Å². The molecule has 1 fully saturated rings. The van der Waals surface area contributed by atoms with Gasteiger partial charge in [0.05, 0.1) is 25.0 Å². The third kappa shape index (κ3) is 5.62. The van der Waals surface area contributed by atoms with Crippen LogP contribution in [0.3, 0.4) is 0 Å². The maximum atomic E-state index is 13.3. The van der Waals surface area contributed by atoms with Gasteiger partial charge in [-0.1, -0.05) is 43.0 Å². The molecule has 0 saturated carbocycles. The molecule has 2 N–H and O–H groups in total. The number of rotatable bonds is 6. The van der Waals surface area contributed by atoms with Crippen LogP contribution in [-0.2, 0) is 22.4 Å². The monoisotopic (exact) mass is 445 g/mol. The van der Waals surface area contributed by atoms with Crippen molar-refractivity contribution in [2.45, 2.75) is 44.8 Å². The van der Waals surface area contributed by atoms with Crippen molar-refractivity contribution in [2.75, 3.05) is 32.0 Å². The minimum Gasteiger partial charge on any atom is -0.392 e. The number of fused-ring (bicyclic) bond motifs is 1. The van der Waals surface area contributed by atoms with Gasteiger partial charge in [-0.05, 0) is 41.3 Å². The lowest BCUT2D eigenvalue weighted by Gasteiger charge is -2.32. The summed E-state index contributed by atoms with van der Waals surface area (Å²) < 4.78 is 0. The average Bonchev–Trinajstić information content (AvgIpc) is 3.39. The van der Waals surface area contributed by atoms with Gasteiger partial charge >= 0.3 is 0 Å². The summed E-state index contributed by atoms with van der Waals surface area (Å²) >= 11 is 0. The van der Waals surface area contributed by atoms with Crippen molar-refractivity contribution in [2.24, 2.45) is 0 Å². The fourth-order valence-electron chi connectivity index (χ4n) is 4.53. The molecule has 2 amide bonds. The molecule has 0 spiro atoms. The molecular weight excluding hydrogens is 414 g/mol. The molecule has 2 aliphatic rings. The fraction of sp³-hybridized carbons (Fsp3) is 0.407. The summed E-state index contributed by atoms with van der Waals surface area (Å²) in [7, 11) is 1.85. The van der Waals surface area contributed by atoms with Gasteiger partial charge in [0.15, 0.2) is 0 Å². The Hall–Kier alpha value is -3.14. The van der Waals surface area contributed by atoms with Crippen molar-refractivity contribution in [3.8, 4) is 11.8 Å². The van der Waals surface area contributed by atoms with Gasteiger partial charge in [-0.3, -0.25) is 14.5 Å². The number of aliphatic hydroxyl groups is 1. The Labute approximate surface area is 195 Å². The number of hydrogen-bond acceptors (Lipinski definition) is 4. The number of likely N-dealkylation sites (tertiary alicyclic amines) is 1. The van der Waals surface area contributed by atoms with Gasteiger partial charge in [0, 0.05) is 44.4 Å². The Morgan fingerprint density at radius 3 is 2.91 bits per heavy atom. The van der Waals surface area contributed by atoms with Crippen LogP contribution in [0.25, 0.3) is 0 Å². The minimum absolute atomic E-state index is 0.00839. The average molecular weight is 446 g/mol. The largest absolute Gasteiger partial charge is 0.392 e. The Kier molecular flexibility index (Phi) is 7.12. The Bertz CT molecular complexity index is 1100. The van der Waals surface area contributed by atoms with E-state index < -0.39 is 0 Å². The maximum Gasteiger partial charge on any atom is 0.228 e. The number of aliphatic hydroxyl groups excluding tert-OH is 1. The van der Waals surface area contributed by atoms with E-state index in [-0.39, 0.29) is 30.4 Å². The summed E-state index contributed by atoms with van der Waals surface area (Å²) in [4.78, 5) is 29.0. The van der Waals surface area contributed by atoms with Crippen LogP contribution in [0, 0.1) is 11.8 Å². The summed E-state index contributed by atoms with van der Waals surface area (Å²) in [5.74, 6) is 6.30. The summed E-state index contributed by atoms with van der Waals surface area (Å²) in [6.45, 7) is 4.12. The molecule has 1 saturated heterocycles. The third-order valence-electron chi connectivity index (χ3n) is 6.38. The van der Waals surface area contributed by atoms with E-state index in [9.17, 15) is 14.7 Å². The molecule has 6 nitrogen and oxygen atoms in total. The Morgan fingerprint density at radius 2 is 2.15 bits per heavy atom. The fourth-order valence-corrected chi connectivity index (χ4v) is 4.53. The number of carbonyl (C=O) groups excluding carboxylic acids is 2. The van der Waals surface area contributed by atoms with Gasteiger partial charge < -0.3 is 15.3 Å². The van der Waals surface area contributed by atoms with Crippen LogP contribution < -0.4 is 5.32 Å². The molecular formula is C27H31N3O3. The first-order chi connectivity index (χ1) is 15.9. The number of β-amino-alcohol motifs (C(OH)–C–C–N with tert-alkyl or cyclic N) is 1. The standard InChI is InChI=1S/C27H31N3O3/c1-3-4-6-19-7-5-8-22(13-19)25(18-30-12-11-23(31)17-30)29(2)27(33)15-20-9-10-21-16-26(32)28-24(21)14-20/h5,7-10,13-14,23,25,31H,3,11-12,15-18H2,1-2H3,(H,28,32)/t23?,25-/m1/s1. The van der Waals surface area contributed by atoms with Crippen LogP contribution in [0.4, 0.5) is 5.69 Å². The molecule has 4 rings (SSSR count). The van der Waals surface area contributed by atoms with Crippen molar-refractivity contribution in [3.63, 3.8) is 0 Å². The van der Waals surface area contributed by atoms with Crippen LogP contribution in [0.15, 0.2) is 42.5 Å². The zero-order chi connectivity index (χ0) is 23.4. The lowest BCUT2D eigenvalue weighted by Crippen LogP contribution is -2.39. The van der Waals surface area contributed by atoms with Gasteiger partial charge in [-0.25, -0.2) is 0 Å². The summed E-state index contributed by atoms with van der Waals surface area (Å²) in [5, 5.41) is 12.8. The number of likely N-dealkylation sites (N-methyl/N-ethyl adjacent to an activating group) is 1. The molecule has 33 heavy (non-hydrogen) atoms. The van der Waals surface area contributed by atoms with Crippen molar-refractivity contribution in [3.05, 3.63) is 64.7 Å². The first kappa shape index (κ1) is 23.0. The normalized spacial score (nSPS) is 18.3. The second-order valence-electron chi connectivity index (χ2n) is 8.90. The highest BCUT2D eigenvalue weighted by molar-refractivity contribution is 5.99. The molecule has 172 valence electrons. The second kappa shape index (κ2) is 10.2. The van der Waals surface area contributed by atoms with Gasteiger partial charge in [0.1, 0.15) is 0 Å². The van der Waals surface area contributed by atoms with Crippen molar-refractivity contribution < 1.29 is 14.7 Å². The molecule has 0 bridgehead atoms. The quantitative estimate of drug-likeness (QED) is 0.671. The minimum atomic E-state index is -0.310. The molecule has 0 aromatic heterocycles. The maximum absolute atomic E-state index is 13.3. The van der Waals surface area contributed by atoms with Crippen LogP contribution in [0.2, 0.25) is 0 Å². The van der Waals surface area contributed by atoms with E-state index in [2.05, 4.69) is 28.1 Å². The zero-order valence-corrected chi connectivity index (χ0v) is 19.3. The lowest BCUT2D eigenvalue weighted by atomic mass is 10.0. The summed E-state index contributed by atoms with van der Waals surface area (Å²) in [6, 6.07) is 13.7. The molecule has 6 heteroatoms. The van der Waals surface area contributed by atoms with Gasteiger partial charge in [0.25, 0.3) is 0 Å². The SMILES string of the molecule is CCC#Cc1cccc([C@@H](CN2CCC(O)C2)N(C)C(=O)Cc2ccc3c(c2)NC(=O)C3)c1. The molecule has 2 aromatic carbocycles.